The maximum Gasteiger partial charge on any atom is 0.330 e. The van der Waals surface area contributed by atoms with Gasteiger partial charge in [-0.2, -0.15) is 0 Å². The Morgan fingerprint density at radius 3 is 1.73 bits per heavy atom. The molecule has 6 rings (SSSR count). The minimum Gasteiger partial charge on any atom is -0.460 e. The number of ether oxygens (including phenoxy) is 2. The lowest BCUT2D eigenvalue weighted by atomic mass is 9.87. The summed E-state index contributed by atoms with van der Waals surface area (Å²) in [6.07, 6.45) is 0.174. The molecule has 0 aliphatic rings. The van der Waals surface area contributed by atoms with Crippen LogP contribution < -0.4 is 0 Å². The maximum atomic E-state index is 11.2. The van der Waals surface area contributed by atoms with E-state index in [1.807, 2.05) is 0 Å². The summed E-state index contributed by atoms with van der Waals surface area (Å²) in [7, 11) is 0. The molecule has 0 spiro atoms. The highest BCUT2D eigenvalue weighted by Crippen LogP contribution is 2.43. The average molecular weight is 487 g/mol. The maximum absolute atomic E-state index is 11.2. The van der Waals surface area contributed by atoms with Gasteiger partial charge in [0, 0.05) is 6.08 Å². The van der Waals surface area contributed by atoms with Crippen LogP contribution in [0, 0.1) is 0 Å². The SMILES string of the molecule is C=CC(=O)OCC(O)COCc1ccc2c3ccccc3c3c4ccccc4c4ccccc4c3c2c1. The van der Waals surface area contributed by atoms with Gasteiger partial charge in [0.25, 0.3) is 0 Å². The normalized spacial score (nSPS) is 12.5. The second-order valence-corrected chi connectivity index (χ2v) is 9.27. The Balaban J connectivity index is 1.51. The van der Waals surface area contributed by atoms with E-state index in [2.05, 4.69) is 97.6 Å². The third-order valence-electron chi connectivity index (χ3n) is 6.94. The molecular formula is C33H26O4. The second kappa shape index (κ2) is 9.66. The molecule has 1 unspecified atom stereocenters. The molecule has 0 aliphatic heterocycles. The van der Waals surface area contributed by atoms with Gasteiger partial charge in [-0.05, 0) is 65.5 Å². The van der Waals surface area contributed by atoms with Crippen LogP contribution in [0.15, 0.2) is 104 Å². The Hall–Kier alpha value is -4.25. The fourth-order valence-corrected chi connectivity index (χ4v) is 5.36. The van der Waals surface area contributed by atoms with Gasteiger partial charge in [0.2, 0.25) is 0 Å². The van der Waals surface area contributed by atoms with E-state index in [0.717, 1.165) is 11.6 Å². The summed E-state index contributed by atoms with van der Waals surface area (Å²) < 4.78 is 10.7. The summed E-state index contributed by atoms with van der Waals surface area (Å²) in [5.41, 5.74) is 1.01. The predicted molar refractivity (Wildman–Crippen MR) is 151 cm³/mol. The number of aliphatic hydroxyl groups excluding tert-OH is 1. The summed E-state index contributed by atoms with van der Waals surface area (Å²) in [5, 5.41) is 22.4. The van der Waals surface area contributed by atoms with Crippen LogP contribution in [0.4, 0.5) is 0 Å². The topological polar surface area (TPSA) is 55.8 Å². The number of hydrogen-bond acceptors (Lipinski definition) is 4. The van der Waals surface area contributed by atoms with Gasteiger partial charge >= 0.3 is 5.97 Å². The van der Waals surface area contributed by atoms with Crippen molar-refractivity contribution in [2.75, 3.05) is 13.2 Å². The molecule has 0 radical (unpaired) electrons. The van der Waals surface area contributed by atoms with E-state index in [1.54, 1.807) is 0 Å². The number of fused-ring (bicyclic) bond motifs is 11. The van der Waals surface area contributed by atoms with Gasteiger partial charge < -0.3 is 14.6 Å². The van der Waals surface area contributed by atoms with Crippen LogP contribution in [0.2, 0.25) is 0 Å². The largest absolute Gasteiger partial charge is 0.460 e. The first-order valence-corrected chi connectivity index (χ1v) is 12.4. The van der Waals surface area contributed by atoms with Crippen LogP contribution in [0.3, 0.4) is 0 Å². The van der Waals surface area contributed by atoms with Crippen molar-refractivity contribution in [3.63, 3.8) is 0 Å². The molecule has 0 saturated heterocycles. The minimum atomic E-state index is -0.899. The average Bonchev–Trinajstić information content (AvgIpc) is 2.95. The Morgan fingerprint density at radius 2 is 1.19 bits per heavy atom. The van der Waals surface area contributed by atoms with Crippen molar-refractivity contribution in [2.24, 2.45) is 0 Å². The molecule has 1 N–H and O–H groups in total. The number of benzene rings is 6. The van der Waals surface area contributed by atoms with E-state index in [4.69, 9.17) is 9.47 Å². The van der Waals surface area contributed by atoms with Gasteiger partial charge in [-0.15, -0.1) is 0 Å². The quantitative estimate of drug-likeness (QED) is 0.149. The number of carbonyl (C=O) groups excluding carboxylic acids is 1. The van der Waals surface area contributed by atoms with Gasteiger partial charge in [0.05, 0.1) is 13.2 Å². The molecule has 0 aromatic heterocycles. The van der Waals surface area contributed by atoms with Crippen LogP contribution >= 0.6 is 0 Å². The summed E-state index contributed by atoms with van der Waals surface area (Å²) in [6.45, 7) is 3.63. The highest BCUT2D eigenvalue weighted by molar-refractivity contribution is 6.39. The molecule has 4 heteroatoms. The summed E-state index contributed by atoms with van der Waals surface area (Å²) in [5.74, 6) is -0.563. The van der Waals surface area contributed by atoms with Crippen LogP contribution in [-0.4, -0.2) is 30.4 Å². The van der Waals surface area contributed by atoms with Gasteiger partial charge in [0.1, 0.15) is 12.7 Å². The van der Waals surface area contributed by atoms with Crippen molar-refractivity contribution < 1.29 is 19.4 Å². The van der Waals surface area contributed by atoms with Crippen LogP contribution in [0.1, 0.15) is 5.56 Å². The summed E-state index contributed by atoms with van der Waals surface area (Å²) in [4.78, 5) is 11.2. The Morgan fingerprint density at radius 1 is 0.703 bits per heavy atom. The molecule has 1 atom stereocenters. The molecular weight excluding hydrogens is 460 g/mol. The first kappa shape index (κ1) is 23.2. The number of carbonyl (C=O) groups is 1. The molecule has 0 fully saturated rings. The van der Waals surface area contributed by atoms with Gasteiger partial charge in [-0.25, -0.2) is 4.79 Å². The minimum absolute atomic E-state index is 0.0640. The zero-order valence-corrected chi connectivity index (χ0v) is 20.3. The molecule has 0 amide bonds. The number of aliphatic hydroxyl groups is 1. The van der Waals surface area contributed by atoms with E-state index in [1.165, 1.54) is 53.9 Å². The van der Waals surface area contributed by atoms with Gasteiger partial charge in [-0.1, -0.05) is 91.5 Å². The van der Waals surface area contributed by atoms with Crippen molar-refractivity contribution in [1.82, 2.24) is 0 Å². The number of esters is 1. The number of rotatable bonds is 7. The van der Waals surface area contributed by atoms with E-state index >= 15 is 0 Å². The van der Waals surface area contributed by atoms with Crippen molar-refractivity contribution >= 4 is 59.8 Å². The lowest BCUT2D eigenvalue weighted by Crippen LogP contribution is -2.23. The van der Waals surface area contributed by atoms with E-state index in [9.17, 15) is 9.90 Å². The predicted octanol–water partition coefficient (Wildman–Crippen LogP) is 7.06. The zero-order chi connectivity index (χ0) is 25.4. The Labute approximate surface area is 214 Å². The Bertz CT molecular complexity index is 1800. The molecule has 4 nitrogen and oxygen atoms in total. The molecule has 182 valence electrons. The summed E-state index contributed by atoms with van der Waals surface area (Å²) >= 11 is 0. The molecule has 0 bridgehead atoms. The molecule has 6 aromatic rings. The van der Waals surface area contributed by atoms with Crippen LogP contribution in [0.25, 0.3) is 53.9 Å². The molecule has 6 aromatic carbocycles. The fraction of sp³-hybridized carbons (Fsp3) is 0.121. The number of hydrogen-bond donors (Lipinski definition) is 1. The fourth-order valence-electron chi connectivity index (χ4n) is 5.36. The smallest absolute Gasteiger partial charge is 0.330 e. The molecule has 37 heavy (non-hydrogen) atoms. The zero-order valence-electron chi connectivity index (χ0n) is 20.3. The monoisotopic (exact) mass is 486 g/mol. The highest BCUT2D eigenvalue weighted by atomic mass is 16.5. The first-order chi connectivity index (χ1) is 18.2. The standard InChI is InChI=1S/C33H26O4/c1-2-31(35)37-20-22(34)19-36-18-21-15-16-26-25-11-5-7-13-28(25)32-27-12-6-3-9-23(27)24-10-4-8-14-29(24)33(32)30(26)17-21/h2-17,22,34H,1,18-20H2. The highest BCUT2D eigenvalue weighted by Gasteiger charge is 2.16. The van der Waals surface area contributed by atoms with Crippen molar-refractivity contribution in [2.45, 2.75) is 12.7 Å². The van der Waals surface area contributed by atoms with Crippen molar-refractivity contribution in [3.05, 3.63) is 109 Å². The van der Waals surface area contributed by atoms with E-state index in [0.29, 0.717) is 6.61 Å². The lowest BCUT2D eigenvalue weighted by Gasteiger charge is -2.17. The Kier molecular flexibility index (Phi) is 6.05. The van der Waals surface area contributed by atoms with E-state index in [-0.39, 0.29) is 13.2 Å². The molecule has 0 aliphatic carbocycles. The van der Waals surface area contributed by atoms with Gasteiger partial charge in [0.15, 0.2) is 0 Å². The third-order valence-corrected chi connectivity index (χ3v) is 6.94. The van der Waals surface area contributed by atoms with Crippen molar-refractivity contribution in [3.8, 4) is 0 Å². The van der Waals surface area contributed by atoms with Crippen molar-refractivity contribution in [1.29, 1.82) is 0 Å². The van der Waals surface area contributed by atoms with E-state index < -0.39 is 12.1 Å². The third kappa shape index (κ3) is 4.10. The summed E-state index contributed by atoms with van der Waals surface area (Å²) in [6, 6.07) is 32.3. The van der Waals surface area contributed by atoms with Crippen LogP contribution in [0.5, 0.6) is 0 Å². The van der Waals surface area contributed by atoms with Crippen LogP contribution in [-0.2, 0) is 20.9 Å². The lowest BCUT2D eigenvalue weighted by molar-refractivity contribution is -0.141. The first-order valence-electron chi connectivity index (χ1n) is 12.4. The second-order valence-electron chi connectivity index (χ2n) is 9.27. The van der Waals surface area contributed by atoms with Gasteiger partial charge in [-0.3, -0.25) is 0 Å². The molecule has 0 heterocycles. The molecule has 0 saturated carbocycles.